The maximum Gasteiger partial charge on any atom is 0.410 e. The summed E-state index contributed by atoms with van der Waals surface area (Å²) in [7, 11) is 0. The van der Waals surface area contributed by atoms with E-state index in [1.54, 1.807) is 23.5 Å². The molecule has 6 nitrogen and oxygen atoms in total. The van der Waals surface area contributed by atoms with Gasteiger partial charge in [-0.05, 0) is 93.6 Å². The van der Waals surface area contributed by atoms with E-state index in [4.69, 9.17) is 16.3 Å². The number of rotatable bonds is 6. The second-order valence-electron chi connectivity index (χ2n) is 10.0. The number of anilines is 1. The van der Waals surface area contributed by atoms with E-state index < -0.39 is 5.60 Å². The molecule has 3 heterocycles. The predicted molar refractivity (Wildman–Crippen MR) is 140 cm³/mol. The molecule has 0 atom stereocenters. The summed E-state index contributed by atoms with van der Waals surface area (Å²) in [6.45, 7) is 9.81. The van der Waals surface area contributed by atoms with Gasteiger partial charge in [0.05, 0.1) is 10.2 Å². The number of piperidine rings is 1. The summed E-state index contributed by atoms with van der Waals surface area (Å²) in [6.07, 6.45) is 2.89. The van der Waals surface area contributed by atoms with Crippen LogP contribution in [0.25, 0.3) is 10.2 Å². The number of ether oxygens (including phenoxy) is 1. The Hall–Kier alpha value is -2.45. The molecule has 1 amide bonds. The van der Waals surface area contributed by atoms with Gasteiger partial charge in [-0.3, -0.25) is 0 Å². The number of halogens is 2. The van der Waals surface area contributed by atoms with E-state index in [1.807, 2.05) is 32.6 Å². The quantitative estimate of drug-likeness (QED) is 0.343. The number of thiophene rings is 1. The number of fused-ring (bicyclic) bond motifs is 1. The number of aryl methyl sites for hydroxylation is 2. The fraction of sp³-hybridized carbons (Fsp3) is 0.500. The van der Waals surface area contributed by atoms with Crippen LogP contribution in [0.4, 0.5) is 15.0 Å². The zero-order valence-electron chi connectivity index (χ0n) is 20.7. The topological polar surface area (TPSA) is 58.6 Å². The molecule has 0 bridgehead atoms. The molecular weight excluding hydrogens is 487 g/mol. The van der Waals surface area contributed by atoms with Gasteiger partial charge in [-0.25, -0.2) is 14.2 Å². The van der Waals surface area contributed by atoms with Crippen LogP contribution in [0.15, 0.2) is 29.6 Å². The van der Waals surface area contributed by atoms with Gasteiger partial charge in [0.25, 0.3) is 0 Å². The number of hydrogen-bond acceptors (Lipinski definition) is 6. The minimum Gasteiger partial charge on any atom is -0.444 e. The van der Waals surface area contributed by atoms with Crippen LogP contribution in [-0.4, -0.2) is 52.2 Å². The van der Waals surface area contributed by atoms with Crippen LogP contribution in [-0.2, 0) is 11.2 Å². The lowest BCUT2D eigenvalue weighted by Crippen LogP contribution is -2.49. The van der Waals surface area contributed by atoms with Gasteiger partial charge < -0.3 is 14.5 Å². The molecule has 0 saturated carbocycles. The van der Waals surface area contributed by atoms with Crippen LogP contribution >= 0.6 is 22.9 Å². The lowest BCUT2D eigenvalue weighted by molar-refractivity contribution is 0.0133. The highest BCUT2D eigenvalue weighted by molar-refractivity contribution is 7.18. The second-order valence-corrected chi connectivity index (χ2v) is 11.3. The molecule has 2 aromatic heterocycles. The molecule has 1 aromatic carbocycles. The van der Waals surface area contributed by atoms with Gasteiger partial charge in [-0.2, -0.15) is 4.98 Å². The maximum atomic E-state index is 13.2. The van der Waals surface area contributed by atoms with Crippen molar-refractivity contribution in [3.8, 4) is 0 Å². The number of benzene rings is 1. The Kier molecular flexibility index (Phi) is 7.81. The lowest BCUT2D eigenvalue weighted by atomic mass is 10.0. The first kappa shape index (κ1) is 25.6. The standard InChI is InChI=1S/C26H32ClFN4O2S/c1-17-16-35-22-21(17)29-24(27)30-23(22)31-14-11-20(12-15-31)32(25(33)34-26(2,3)4)13-5-6-18-7-9-19(28)10-8-18/h7-10,16,20H,5-6,11-15H2,1-4H3. The van der Waals surface area contributed by atoms with Crippen molar-refractivity contribution in [2.45, 2.75) is 65.0 Å². The smallest absolute Gasteiger partial charge is 0.410 e. The number of carbonyl (C=O) groups excluding carboxylic acids is 1. The molecule has 9 heteroatoms. The van der Waals surface area contributed by atoms with Crippen molar-refractivity contribution < 1.29 is 13.9 Å². The zero-order chi connectivity index (χ0) is 25.2. The van der Waals surface area contributed by atoms with Gasteiger partial charge in [0.15, 0.2) is 5.82 Å². The fourth-order valence-electron chi connectivity index (χ4n) is 4.44. The molecule has 0 radical (unpaired) electrons. The number of nitrogens with zero attached hydrogens (tertiary/aromatic N) is 4. The Labute approximate surface area is 215 Å². The molecule has 4 rings (SSSR count). The van der Waals surface area contributed by atoms with Crippen LogP contribution in [0.1, 0.15) is 51.2 Å². The third-order valence-corrected chi connectivity index (χ3v) is 7.41. The van der Waals surface area contributed by atoms with E-state index in [2.05, 4.69) is 20.2 Å². The largest absolute Gasteiger partial charge is 0.444 e. The summed E-state index contributed by atoms with van der Waals surface area (Å²) < 4.78 is 20.0. The molecule has 1 saturated heterocycles. The molecule has 0 aliphatic carbocycles. The third kappa shape index (κ3) is 6.41. The predicted octanol–water partition coefficient (Wildman–Crippen LogP) is 6.63. The number of carbonyl (C=O) groups is 1. The Bertz CT molecular complexity index is 1170. The summed E-state index contributed by atoms with van der Waals surface area (Å²) in [6, 6.07) is 6.62. The van der Waals surface area contributed by atoms with Gasteiger partial charge in [0, 0.05) is 25.7 Å². The minimum atomic E-state index is -0.562. The Morgan fingerprint density at radius 1 is 1.23 bits per heavy atom. The first-order valence-electron chi connectivity index (χ1n) is 12.0. The Morgan fingerprint density at radius 2 is 1.91 bits per heavy atom. The fourth-order valence-corrected chi connectivity index (χ4v) is 5.61. The van der Waals surface area contributed by atoms with Crippen molar-refractivity contribution in [2.75, 3.05) is 24.5 Å². The van der Waals surface area contributed by atoms with Gasteiger partial charge in [0.1, 0.15) is 11.4 Å². The van der Waals surface area contributed by atoms with E-state index in [1.165, 1.54) is 12.1 Å². The second kappa shape index (κ2) is 10.7. The SMILES string of the molecule is Cc1csc2c(N3CCC(N(CCCc4ccc(F)cc4)C(=O)OC(C)(C)C)CC3)nc(Cl)nc12. The maximum absolute atomic E-state index is 13.2. The number of aromatic nitrogens is 2. The molecule has 3 aromatic rings. The van der Waals surface area contributed by atoms with Gasteiger partial charge in [-0.15, -0.1) is 11.3 Å². The number of hydrogen-bond donors (Lipinski definition) is 0. The van der Waals surface area contributed by atoms with E-state index in [0.29, 0.717) is 6.54 Å². The molecule has 35 heavy (non-hydrogen) atoms. The Balaban J connectivity index is 1.44. The van der Waals surface area contributed by atoms with E-state index in [-0.39, 0.29) is 23.2 Å². The van der Waals surface area contributed by atoms with E-state index in [9.17, 15) is 9.18 Å². The summed E-state index contributed by atoms with van der Waals surface area (Å²) >= 11 is 7.87. The summed E-state index contributed by atoms with van der Waals surface area (Å²) in [5.41, 5.74) is 2.50. The van der Waals surface area contributed by atoms with Crippen LogP contribution in [0.5, 0.6) is 0 Å². The first-order valence-corrected chi connectivity index (χ1v) is 13.3. The monoisotopic (exact) mass is 518 g/mol. The van der Waals surface area contributed by atoms with Crippen LogP contribution in [0, 0.1) is 12.7 Å². The molecule has 1 aliphatic heterocycles. The summed E-state index contributed by atoms with van der Waals surface area (Å²) in [5.74, 6) is 0.632. The minimum absolute atomic E-state index is 0.0761. The van der Waals surface area contributed by atoms with Crippen molar-refractivity contribution in [1.29, 1.82) is 0 Å². The zero-order valence-corrected chi connectivity index (χ0v) is 22.3. The number of amides is 1. The van der Waals surface area contributed by atoms with Crippen molar-refractivity contribution in [1.82, 2.24) is 14.9 Å². The normalized spacial score (nSPS) is 15.0. The Morgan fingerprint density at radius 3 is 2.57 bits per heavy atom. The highest BCUT2D eigenvalue weighted by Crippen LogP contribution is 2.34. The van der Waals surface area contributed by atoms with Crippen LogP contribution in [0.3, 0.4) is 0 Å². The molecule has 188 valence electrons. The van der Waals surface area contributed by atoms with Crippen LogP contribution < -0.4 is 4.90 Å². The summed E-state index contributed by atoms with van der Waals surface area (Å²) in [4.78, 5) is 26.2. The van der Waals surface area contributed by atoms with Gasteiger partial charge in [-0.1, -0.05) is 12.1 Å². The van der Waals surface area contributed by atoms with Crippen molar-refractivity contribution in [3.63, 3.8) is 0 Å². The van der Waals surface area contributed by atoms with Crippen molar-refractivity contribution in [3.05, 3.63) is 51.9 Å². The molecule has 0 N–H and O–H groups in total. The van der Waals surface area contributed by atoms with Crippen molar-refractivity contribution in [2.24, 2.45) is 0 Å². The van der Waals surface area contributed by atoms with E-state index >= 15 is 0 Å². The highest BCUT2D eigenvalue weighted by atomic mass is 35.5. The van der Waals surface area contributed by atoms with Gasteiger partial charge in [0.2, 0.25) is 5.28 Å². The first-order chi connectivity index (χ1) is 16.6. The van der Waals surface area contributed by atoms with Gasteiger partial charge >= 0.3 is 6.09 Å². The molecule has 0 spiro atoms. The average molecular weight is 519 g/mol. The molecule has 1 fully saturated rings. The third-order valence-electron chi connectivity index (χ3n) is 6.16. The lowest BCUT2D eigenvalue weighted by Gasteiger charge is -2.39. The van der Waals surface area contributed by atoms with Crippen LogP contribution in [0.2, 0.25) is 5.28 Å². The molecule has 0 unspecified atom stereocenters. The summed E-state index contributed by atoms with van der Waals surface area (Å²) in [5, 5.41) is 2.34. The average Bonchev–Trinajstić information content (AvgIpc) is 3.17. The van der Waals surface area contributed by atoms with Crippen molar-refractivity contribution >= 4 is 45.1 Å². The molecule has 1 aliphatic rings. The molecular formula is C26H32ClFN4O2S. The highest BCUT2D eigenvalue weighted by Gasteiger charge is 2.32. The van der Waals surface area contributed by atoms with E-state index in [0.717, 1.165) is 65.9 Å².